The number of hydrogen-bond acceptors (Lipinski definition) is 4. The van der Waals surface area contributed by atoms with Gasteiger partial charge in [-0.1, -0.05) is 265 Å². The Balaban J connectivity index is 0.000000109. The SMILES string of the molecule is Brc1cccc2c1-c1ccccc1C21c2ccccc2-c2ccccc21.OB(O)c1cccc2c1sc1ccccc12.c1ccc2c(c1)-c1ccccc1C21c2ccccc2-c2c(-c3cccc4c3sc3ccccc34)cccc21. The zero-order valence-corrected chi connectivity index (χ0v) is 46.3. The van der Waals surface area contributed by atoms with Crippen LogP contribution in [0.25, 0.3) is 96.0 Å². The van der Waals surface area contributed by atoms with Crippen LogP contribution >= 0.6 is 38.6 Å². The highest BCUT2D eigenvalue weighted by molar-refractivity contribution is 9.10. The number of fused-ring (bicyclic) bond motifs is 26. The van der Waals surface area contributed by atoms with Gasteiger partial charge in [-0.15, -0.1) is 22.7 Å². The Hall–Kier alpha value is -8.46. The molecular formula is C74H46BBrO2S2. The van der Waals surface area contributed by atoms with Crippen LogP contribution in [0.15, 0.2) is 271 Å². The molecule has 0 amide bonds. The fraction of sp³-hybridized carbons (Fsp3) is 0.0270. The first-order chi connectivity index (χ1) is 39.5. The third-order valence-electron chi connectivity index (χ3n) is 17.4. The molecule has 2 N–H and O–H groups in total. The van der Waals surface area contributed by atoms with Gasteiger partial charge in [0.05, 0.1) is 10.8 Å². The molecule has 0 atom stereocenters. The van der Waals surface area contributed by atoms with Crippen LogP contribution in [0, 0.1) is 0 Å². The first-order valence-corrected chi connectivity index (χ1v) is 29.6. The third kappa shape index (κ3) is 6.54. The van der Waals surface area contributed by atoms with E-state index in [1.165, 1.54) is 135 Å². The molecule has 14 aromatic rings. The van der Waals surface area contributed by atoms with Crippen molar-refractivity contribution in [3.8, 4) is 55.6 Å². The summed E-state index contributed by atoms with van der Waals surface area (Å²) in [4.78, 5) is 0. The van der Waals surface area contributed by atoms with Crippen LogP contribution in [-0.4, -0.2) is 17.2 Å². The van der Waals surface area contributed by atoms with Gasteiger partial charge in [0.25, 0.3) is 0 Å². The summed E-state index contributed by atoms with van der Waals surface area (Å²) in [5, 5.41) is 23.6. The minimum atomic E-state index is -1.41. The lowest BCUT2D eigenvalue weighted by Crippen LogP contribution is -2.29. The van der Waals surface area contributed by atoms with Crippen LogP contribution < -0.4 is 5.46 Å². The van der Waals surface area contributed by atoms with E-state index in [4.69, 9.17) is 0 Å². The number of hydrogen-bond donors (Lipinski definition) is 2. The lowest BCUT2D eigenvalue weighted by atomic mass is 9.70. The molecule has 4 aliphatic rings. The molecule has 6 heteroatoms. The molecule has 2 aromatic heterocycles. The van der Waals surface area contributed by atoms with Gasteiger partial charge in [-0.25, -0.2) is 0 Å². The Kier molecular flexibility index (Phi) is 10.9. The van der Waals surface area contributed by atoms with Gasteiger partial charge >= 0.3 is 7.12 Å². The fourth-order valence-corrected chi connectivity index (χ4v) is 17.4. The molecule has 0 unspecified atom stereocenters. The highest BCUT2D eigenvalue weighted by Gasteiger charge is 2.53. The van der Waals surface area contributed by atoms with Crippen LogP contribution in [-0.2, 0) is 10.8 Å². The maximum absolute atomic E-state index is 9.31. The molecule has 376 valence electrons. The molecule has 12 aromatic carbocycles. The summed E-state index contributed by atoms with van der Waals surface area (Å²) in [5.41, 5.74) is 24.6. The van der Waals surface area contributed by atoms with Gasteiger partial charge in [-0.2, -0.15) is 0 Å². The average Bonchev–Trinajstić information content (AvgIpc) is 3.54. The Bertz CT molecular complexity index is 4780. The summed E-state index contributed by atoms with van der Waals surface area (Å²) in [6.07, 6.45) is 0. The second-order valence-corrected chi connectivity index (χ2v) is 24.1. The van der Waals surface area contributed by atoms with E-state index in [1.807, 2.05) is 41.7 Å². The Morgan fingerprint density at radius 3 is 1.11 bits per heavy atom. The topological polar surface area (TPSA) is 40.5 Å². The Morgan fingerprint density at radius 2 is 0.600 bits per heavy atom. The number of thiophene rings is 2. The van der Waals surface area contributed by atoms with Crippen LogP contribution in [0.4, 0.5) is 0 Å². The molecule has 0 aliphatic heterocycles. The molecule has 0 bridgehead atoms. The molecule has 80 heavy (non-hydrogen) atoms. The van der Waals surface area contributed by atoms with Crippen molar-refractivity contribution >= 4 is 91.5 Å². The number of rotatable bonds is 2. The van der Waals surface area contributed by atoms with Gasteiger partial charge in [0.1, 0.15) is 0 Å². The lowest BCUT2D eigenvalue weighted by Gasteiger charge is -2.30. The standard InChI is InChI=1S/C37H22S.C25H15Br.C12H9BO2S/c1-5-18-30-23(11-1)24-12-2-6-19-31(24)37(30)32-20-7-3-14-29(32)35-26(15-10-21-33(35)37)28-17-9-16-27-25-13-4-8-22-34(25)38-36(27)28;26-23-15-7-14-22-24(23)18-10-3-6-13-21(18)25(22)19-11-4-1-8-16(19)17-9-2-5-12-20(17)25;14-13(15)10-6-3-5-9-8-4-1-2-7-11(8)16-12(9)10/h1-22H;1-15H;1-7,14-15H. The van der Waals surface area contributed by atoms with Gasteiger partial charge in [-0.3, -0.25) is 0 Å². The van der Waals surface area contributed by atoms with Crippen LogP contribution in [0.1, 0.15) is 44.5 Å². The van der Waals surface area contributed by atoms with Gasteiger partial charge in [0, 0.05) is 50.6 Å². The van der Waals surface area contributed by atoms with Crippen molar-refractivity contribution in [3.63, 3.8) is 0 Å². The quantitative estimate of drug-likeness (QED) is 0.169. The Labute approximate surface area is 480 Å². The van der Waals surface area contributed by atoms with Crippen LogP contribution in [0.2, 0.25) is 0 Å². The van der Waals surface area contributed by atoms with Crippen molar-refractivity contribution in [3.05, 3.63) is 316 Å². The lowest BCUT2D eigenvalue weighted by molar-refractivity contribution is 0.426. The summed E-state index contributed by atoms with van der Waals surface area (Å²) < 4.78 is 6.01. The van der Waals surface area contributed by atoms with Crippen LogP contribution in [0.3, 0.4) is 0 Å². The number of benzene rings is 12. The summed E-state index contributed by atoms with van der Waals surface area (Å²) >= 11 is 7.33. The van der Waals surface area contributed by atoms with Gasteiger partial charge in [0.15, 0.2) is 0 Å². The largest absolute Gasteiger partial charge is 0.489 e. The molecule has 0 radical (unpaired) electrons. The van der Waals surface area contributed by atoms with Crippen LogP contribution in [0.5, 0.6) is 0 Å². The van der Waals surface area contributed by atoms with Crippen molar-refractivity contribution in [1.82, 2.24) is 0 Å². The molecule has 2 spiro atoms. The summed E-state index contributed by atoms with van der Waals surface area (Å²) in [5.74, 6) is 0. The van der Waals surface area contributed by atoms with E-state index < -0.39 is 7.12 Å². The van der Waals surface area contributed by atoms with Crippen molar-refractivity contribution in [2.24, 2.45) is 0 Å². The molecular weight excluding hydrogens is 1080 g/mol. The van der Waals surface area contributed by atoms with Gasteiger partial charge in [0.2, 0.25) is 0 Å². The van der Waals surface area contributed by atoms with Crippen molar-refractivity contribution < 1.29 is 10.0 Å². The van der Waals surface area contributed by atoms with Gasteiger partial charge in [-0.05, 0) is 118 Å². The van der Waals surface area contributed by atoms with E-state index in [1.54, 1.807) is 17.4 Å². The zero-order chi connectivity index (χ0) is 53.3. The summed E-state index contributed by atoms with van der Waals surface area (Å²) in [6, 6.07) is 96.8. The summed E-state index contributed by atoms with van der Waals surface area (Å²) in [6.45, 7) is 0. The first-order valence-electron chi connectivity index (χ1n) is 27.2. The molecule has 0 fully saturated rings. The normalized spacial score (nSPS) is 13.6. The van der Waals surface area contributed by atoms with E-state index >= 15 is 0 Å². The first kappa shape index (κ1) is 47.5. The summed E-state index contributed by atoms with van der Waals surface area (Å²) in [7, 11) is -1.41. The molecule has 0 saturated carbocycles. The fourth-order valence-electron chi connectivity index (χ4n) is 14.4. The Morgan fingerprint density at radius 1 is 0.275 bits per heavy atom. The highest BCUT2D eigenvalue weighted by Crippen LogP contribution is 2.66. The van der Waals surface area contributed by atoms with E-state index in [0.717, 1.165) is 10.1 Å². The third-order valence-corrected chi connectivity index (χ3v) is 20.5. The van der Waals surface area contributed by atoms with E-state index in [-0.39, 0.29) is 10.8 Å². The molecule has 4 aliphatic carbocycles. The van der Waals surface area contributed by atoms with Gasteiger partial charge < -0.3 is 10.0 Å². The highest BCUT2D eigenvalue weighted by atomic mass is 79.9. The minimum Gasteiger partial charge on any atom is -0.423 e. The van der Waals surface area contributed by atoms with Crippen molar-refractivity contribution in [2.75, 3.05) is 0 Å². The molecule has 0 saturated heterocycles. The maximum atomic E-state index is 9.31. The zero-order valence-electron chi connectivity index (χ0n) is 43.1. The molecule has 18 rings (SSSR count). The predicted molar refractivity (Wildman–Crippen MR) is 341 cm³/mol. The smallest absolute Gasteiger partial charge is 0.423 e. The van der Waals surface area contributed by atoms with E-state index in [9.17, 15) is 10.0 Å². The maximum Gasteiger partial charge on any atom is 0.489 e. The van der Waals surface area contributed by atoms with Crippen molar-refractivity contribution in [1.29, 1.82) is 0 Å². The second kappa shape index (κ2) is 18.3. The van der Waals surface area contributed by atoms with E-state index in [2.05, 4.69) is 246 Å². The van der Waals surface area contributed by atoms with E-state index in [0.29, 0.717) is 5.46 Å². The predicted octanol–water partition coefficient (Wildman–Crippen LogP) is 18.6. The average molecular weight is 1120 g/mol. The molecule has 2 heterocycles. The minimum absolute atomic E-state index is 0.219. The van der Waals surface area contributed by atoms with Crippen molar-refractivity contribution in [2.45, 2.75) is 10.8 Å². The number of halogens is 1. The monoisotopic (exact) mass is 1120 g/mol. The second-order valence-electron chi connectivity index (χ2n) is 21.1. The molecule has 2 nitrogen and oxygen atoms in total.